The Morgan fingerprint density at radius 2 is 2.00 bits per heavy atom. The number of thiocarbonyl (C=S) groups is 1. The molecule has 0 atom stereocenters. The molecule has 0 bridgehead atoms. The van der Waals surface area contributed by atoms with Crippen molar-refractivity contribution in [1.29, 1.82) is 0 Å². The number of nitrogens with zero attached hydrogens (tertiary/aromatic N) is 1. The van der Waals surface area contributed by atoms with E-state index < -0.39 is 0 Å². The molecule has 0 amide bonds. The van der Waals surface area contributed by atoms with Crippen LogP contribution in [0.5, 0.6) is 5.75 Å². The van der Waals surface area contributed by atoms with Crippen molar-refractivity contribution in [2.24, 2.45) is 5.73 Å². The second kappa shape index (κ2) is 6.19. The first-order valence-corrected chi connectivity index (χ1v) is 6.55. The Morgan fingerprint density at radius 3 is 2.68 bits per heavy atom. The van der Waals surface area contributed by atoms with Crippen molar-refractivity contribution in [3.8, 4) is 5.75 Å². The summed E-state index contributed by atoms with van der Waals surface area (Å²) in [7, 11) is 0. The van der Waals surface area contributed by atoms with Crippen LogP contribution in [-0.4, -0.2) is 9.97 Å². The molecule has 2 rings (SSSR count). The van der Waals surface area contributed by atoms with E-state index in [-0.39, 0.29) is 4.99 Å². The van der Waals surface area contributed by atoms with Crippen LogP contribution < -0.4 is 10.5 Å². The minimum absolute atomic E-state index is 0.261. The van der Waals surface area contributed by atoms with Crippen molar-refractivity contribution in [2.75, 3.05) is 0 Å². The van der Waals surface area contributed by atoms with E-state index in [1.165, 1.54) is 0 Å². The molecule has 0 unspecified atom stereocenters. The largest absolute Gasteiger partial charge is 0.489 e. The highest BCUT2D eigenvalue weighted by Crippen LogP contribution is 2.26. The Kier molecular flexibility index (Phi) is 4.58. The van der Waals surface area contributed by atoms with E-state index in [1.54, 1.807) is 30.5 Å². The summed E-state index contributed by atoms with van der Waals surface area (Å²) in [6.07, 6.45) is 1.64. The van der Waals surface area contributed by atoms with E-state index in [9.17, 15) is 0 Å². The third-order valence-corrected chi connectivity index (χ3v) is 3.32. The lowest BCUT2D eigenvalue weighted by molar-refractivity contribution is 0.306. The summed E-state index contributed by atoms with van der Waals surface area (Å²) in [4.78, 5) is 4.32. The highest BCUT2D eigenvalue weighted by molar-refractivity contribution is 7.80. The number of ether oxygens (including phenoxy) is 1. The lowest BCUT2D eigenvalue weighted by atomic mass is 10.2. The van der Waals surface area contributed by atoms with Crippen LogP contribution in [0.3, 0.4) is 0 Å². The first-order chi connectivity index (χ1) is 9.06. The molecule has 98 valence electrons. The molecule has 1 aromatic heterocycles. The molecule has 0 fully saturated rings. The number of halogens is 2. The summed E-state index contributed by atoms with van der Waals surface area (Å²) in [5.74, 6) is 0.642. The number of benzene rings is 1. The second-order valence-corrected chi connectivity index (χ2v) is 5.03. The topological polar surface area (TPSA) is 48.1 Å². The van der Waals surface area contributed by atoms with E-state index in [0.29, 0.717) is 28.1 Å². The fourth-order valence-electron chi connectivity index (χ4n) is 1.43. The second-order valence-electron chi connectivity index (χ2n) is 3.78. The average molecular weight is 313 g/mol. The quantitative estimate of drug-likeness (QED) is 0.876. The van der Waals surface area contributed by atoms with Crippen LogP contribution in [-0.2, 0) is 6.61 Å². The molecule has 1 heterocycles. The molecular weight excluding hydrogens is 303 g/mol. The summed E-state index contributed by atoms with van der Waals surface area (Å²) >= 11 is 16.6. The molecule has 3 nitrogen and oxygen atoms in total. The summed E-state index contributed by atoms with van der Waals surface area (Å²) in [5.41, 5.74) is 7.02. The molecule has 0 spiro atoms. The number of pyridine rings is 1. The highest BCUT2D eigenvalue weighted by atomic mass is 35.5. The predicted molar refractivity (Wildman–Crippen MR) is 80.9 cm³/mol. The number of hydrogen-bond acceptors (Lipinski definition) is 3. The summed E-state index contributed by atoms with van der Waals surface area (Å²) in [6.45, 7) is 0.371. The number of nitrogens with two attached hydrogens (primary N) is 1. The van der Waals surface area contributed by atoms with Crippen LogP contribution in [0.4, 0.5) is 0 Å². The van der Waals surface area contributed by atoms with Crippen molar-refractivity contribution in [1.82, 2.24) is 4.98 Å². The van der Waals surface area contributed by atoms with Crippen LogP contribution in [0.25, 0.3) is 0 Å². The zero-order valence-electron chi connectivity index (χ0n) is 9.77. The molecule has 1 aromatic carbocycles. The van der Waals surface area contributed by atoms with Crippen LogP contribution in [0.1, 0.15) is 11.3 Å². The summed E-state index contributed by atoms with van der Waals surface area (Å²) in [5, 5.41) is 0.950. The number of rotatable bonds is 4. The molecule has 6 heteroatoms. The van der Waals surface area contributed by atoms with E-state index >= 15 is 0 Å². The Labute approximate surface area is 126 Å². The maximum Gasteiger partial charge on any atom is 0.122 e. The van der Waals surface area contributed by atoms with Crippen molar-refractivity contribution < 1.29 is 4.74 Å². The van der Waals surface area contributed by atoms with Gasteiger partial charge >= 0.3 is 0 Å². The van der Waals surface area contributed by atoms with Crippen LogP contribution in [0.15, 0.2) is 36.5 Å². The Bertz CT molecular complexity index is 619. The first kappa shape index (κ1) is 14.1. The van der Waals surface area contributed by atoms with E-state index in [4.69, 9.17) is 45.9 Å². The molecule has 19 heavy (non-hydrogen) atoms. The minimum Gasteiger partial charge on any atom is -0.489 e. The smallest absolute Gasteiger partial charge is 0.122 e. The van der Waals surface area contributed by atoms with Crippen LogP contribution >= 0.6 is 35.4 Å². The first-order valence-electron chi connectivity index (χ1n) is 5.39. The highest BCUT2D eigenvalue weighted by Gasteiger charge is 2.03. The molecule has 2 N–H and O–H groups in total. The number of hydrogen-bond donors (Lipinski definition) is 1. The van der Waals surface area contributed by atoms with Crippen molar-refractivity contribution in [3.05, 3.63) is 57.8 Å². The molecule has 0 aliphatic carbocycles. The zero-order chi connectivity index (χ0) is 13.8. The lowest BCUT2D eigenvalue weighted by Crippen LogP contribution is -2.12. The lowest BCUT2D eigenvalue weighted by Gasteiger charge is -2.08. The molecular formula is C13H10Cl2N2OS. The van der Waals surface area contributed by atoms with Gasteiger partial charge in [0.2, 0.25) is 0 Å². The van der Waals surface area contributed by atoms with E-state index in [1.807, 2.05) is 6.07 Å². The number of aromatic nitrogens is 1. The van der Waals surface area contributed by atoms with Gasteiger partial charge in [0.25, 0.3) is 0 Å². The van der Waals surface area contributed by atoms with Gasteiger partial charge in [-0.3, -0.25) is 4.98 Å². The summed E-state index contributed by atoms with van der Waals surface area (Å²) < 4.78 is 5.61. The minimum atomic E-state index is 0.261. The SMILES string of the molecule is NC(=S)c1cc(COc2ccc(Cl)c(Cl)c2)ccn1. The molecule has 0 aliphatic rings. The zero-order valence-corrected chi connectivity index (χ0v) is 12.1. The third-order valence-electron chi connectivity index (χ3n) is 2.37. The third kappa shape index (κ3) is 3.80. The Hall–Kier alpha value is -1.36. The van der Waals surface area contributed by atoms with Gasteiger partial charge in [-0.1, -0.05) is 35.4 Å². The van der Waals surface area contributed by atoms with Gasteiger partial charge in [0, 0.05) is 12.3 Å². The van der Waals surface area contributed by atoms with Gasteiger partial charge in [0.15, 0.2) is 0 Å². The van der Waals surface area contributed by atoms with Gasteiger partial charge in [-0.25, -0.2) is 0 Å². The van der Waals surface area contributed by atoms with Crippen LogP contribution in [0, 0.1) is 0 Å². The van der Waals surface area contributed by atoms with Crippen molar-refractivity contribution >= 4 is 40.4 Å². The van der Waals surface area contributed by atoms with Gasteiger partial charge in [-0.2, -0.15) is 0 Å². The Balaban J connectivity index is 2.07. The van der Waals surface area contributed by atoms with Gasteiger partial charge < -0.3 is 10.5 Å². The molecule has 0 aliphatic heterocycles. The van der Waals surface area contributed by atoms with E-state index in [2.05, 4.69) is 4.98 Å². The fourth-order valence-corrected chi connectivity index (χ4v) is 1.83. The van der Waals surface area contributed by atoms with Gasteiger partial charge in [-0.15, -0.1) is 0 Å². The van der Waals surface area contributed by atoms with Gasteiger partial charge in [0.1, 0.15) is 17.3 Å². The fraction of sp³-hybridized carbons (Fsp3) is 0.0769. The van der Waals surface area contributed by atoms with Crippen molar-refractivity contribution in [3.63, 3.8) is 0 Å². The van der Waals surface area contributed by atoms with Crippen LogP contribution in [0.2, 0.25) is 10.0 Å². The molecule has 0 saturated heterocycles. The molecule has 0 radical (unpaired) electrons. The molecule has 2 aromatic rings. The van der Waals surface area contributed by atoms with Gasteiger partial charge in [-0.05, 0) is 29.8 Å². The molecule has 0 saturated carbocycles. The van der Waals surface area contributed by atoms with E-state index in [0.717, 1.165) is 5.56 Å². The normalized spacial score (nSPS) is 10.2. The standard InChI is InChI=1S/C13H10Cl2N2OS/c14-10-2-1-9(6-11(10)15)18-7-8-3-4-17-12(5-8)13(16)19/h1-6H,7H2,(H2,16,19). The van der Waals surface area contributed by atoms with Gasteiger partial charge in [0.05, 0.1) is 15.7 Å². The monoisotopic (exact) mass is 312 g/mol. The van der Waals surface area contributed by atoms with Crippen molar-refractivity contribution in [2.45, 2.75) is 6.61 Å². The summed E-state index contributed by atoms with van der Waals surface area (Å²) in [6, 6.07) is 8.73. The maximum atomic E-state index is 5.91. The predicted octanol–water partition coefficient (Wildman–Crippen LogP) is 3.60. The Morgan fingerprint density at radius 1 is 1.21 bits per heavy atom. The average Bonchev–Trinajstić information content (AvgIpc) is 2.40. The maximum absolute atomic E-state index is 5.91.